The maximum absolute atomic E-state index is 10.6. The summed E-state index contributed by atoms with van der Waals surface area (Å²) in [5.74, 6) is 0.0949. The number of carbonyl (C=O) groups excluding carboxylic acids is 1. The van der Waals surface area contributed by atoms with Crippen molar-refractivity contribution < 1.29 is 4.79 Å². The molecule has 0 aromatic carbocycles. The van der Waals surface area contributed by atoms with Crippen molar-refractivity contribution in [2.75, 3.05) is 0 Å². The molecule has 2 atom stereocenters. The standard InChI is InChI=1S/C5H10N2O/c1-3-5(8)7-4(2)6-3/h3-4,6H,1-2H3,(H,7,8). The van der Waals surface area contributed by atoms with Gasteiger partial charge in [0.15, 0.2) is 0 Å². The molecule has 0 radical (unpaired) electrons. The van der Waals surface area contributed by atoms with Gasteiger partial charge in [0, 0.05) is 0 Å². The third kappa shape index (κ3) is 0.816. The van der Waals surface area contributed by atoms with Gasteiger partial charge in [-0.25, -0.2) is 0 Å². The minimum Gasteiger partial charge on any atom is -0.340 e. The van der Waals surface area contributed by atoms with E-state index in [0.717, 1.165) is 0 Å². The number of hydrogen-bond acceptors (Lipinski definition) is 2. The number of amides is 1. The van der Waals surface area contributed by atoms with Gasteiger partial charge >= 0.3 is 0 Å². The maximum Gasteiger partial charge on any atom is 0.238 e. The fourth-order valence-electron chi connectivity index (χ4n) is 0.831. The van der Waals surface area contributed by atoms with Gasteiger partial charge in [-0.2, -0.15) is 0 Å². The molecule has 1 amide bonds. The second-order valence-electron chi connectivity index (χ2n) is 2.12. The zero-order valence-corrected chi connectivity index (χ0v) is 5.06. The van der Waals surface area contributed by atoms with Crippen LogP contribution >= 0.6 is 0 Å². The van der Waals surface area contributed by atoms with Crippen molar-refractivity contribution >= 4 is 5.91 Å². The SMILES string of the molecule is CC1NC(=O)C(C)N1. The van der Waals surface area contributed by atoms with Crippen molar-refractivity contribution in [2.24, 2.45) is 0 Å². The molecule has 3 heteroatoms. The molecule has 46 valence electrons. The minimum absolute atomic E-state index is 0.00926. The van der Waals surface area contributed by atoms with E-state index in [0.29, 0.717) is 0 Å². The Morgan fingerprint density at radius 1 is 1.50 bits per heavy atom. The van der Waals surface area contributed by atoms with Gasteiger partial charge in [0.25, 0.3) is 0 Å². The quantitative estimate of drug-likeness (QED) is 0.443. The summed E-state index contributed by atoms with van der Waals surface area (Å²) >= 11 is 0. The molecule has 2 unspecified atom stereocenters. The van der Waals surface area contributed by atoms with Gasteiger partial charge in [-0.1, -0.05) is 0 Å². The van der Waals surface area contributed by atoms with Crippen molar-refractivity contribution in [1.29, 1.82) is 0 Å². The van der Waals surface area contributed by atoms with Crippen LogP contribution in [-0.2, 0) is 4.79 Å². The molecule has 0 bridgehead atoms. The van der Waals surface area contributed by atoms with Crippen LogP contribution in [0.2, 0.25) is 0 Å². The predicted octanol–water partition coefficient (Wildman–Crippen LogP) is -0.560. The highest BCUT2D eigenvalue weighted by molar-refractivity contribution is 5.83. The van der Waals surface area contributed by atoms with Crippen LogP contribution in [0.4, 0.5) is 0 Å². The van der Waals surface area contributed by atoms with E-state index in [1.807, 2.05) is 13.8 Å². The summed E-state index contributed by atoms with van der Waals surface area (Å²) in [7, 11) is 0. The Labute approximate surface area is 48.5 Å². The van der Waals surface area contributed by atoms with Crippen molar-refractivity contribution in [1.82, 2.24) is 10.6 Å². The highest BCUT2D eigenvalue weighted by Gasteiger charge is 2.22. The van der Waals surface area contributed by atoms with E-state index in [2.05, 4.69) is 10.6 Å². The molecule has 3 nitrogen and oxygen atoms in total. The Kier molecular flexibility index (Phi) is 1.21. The molecule has 1 fully saturated rings. The van der Waals surface area contributed by atoms with E-state index in [4.69, 9.17) is 0 Å². The molecule has 0 spiro atoms. The molecule has 8 heavy (non-hydrogen) atoms. The van der Waals surface area contributed by atoms with E-state index in [1.54, 1.807) is 0 Å². The van der Waals surface area contributed by atoms with Crippen LogP contribution < -0.4 is 10.6 Å². The normalized spacial score (nSPS) is 37.5. The van der Waals surface area contributed by atoms with Crippen molar-refractivity contribution in [2.45, 2.75) is 26.1 Å². The van der Waals surface area contributed by atoms with Crippen LogP contribution in [0.15, 0.2) is 0 Å². The highest BCUT2D eigenvalue weighted by atomic mass is 16.2. The fraction of sp³-hybridized carbons (Fsp3) is 0.800. The average Bonchev–Trinajstić information content (AvgIpc) is 1.85. The Bertz CT molecular complexity index is 113. The molecule has 0 aliphatic carbocycles. The fourth-order valence-corrected chi connectivity index (χ4v) is 0.831. The zero-order valence-electron chi connectivity index (χ0n) is 5.06. The Hall–Kier alpha value is -0.570. The minimum atomic E-state index is -0.00926. The molecule has 2 N–H and O–H groups in total. The van der Waals surface area contributed by atoms with E-state index in [-0.39, 0.29) is 18.1 Å². The topological polar surface area (TPSA) is 41.1 Å². The molecular weight excluding hydrogens is 104 g/mol. The largest absolute Gasteiger partial charge is 0.340 e. The van der Waals surface area contributed by atoms with Crippen molar-refractivity contribution in [3.8, 4) is 0 Å². The lowest BCUT2D eigenvalue weighted by Gasteiger charge is -1.99. The van der Waals surface area contributed by atoms with Gasteiger partial charge in [-0.05, 0) is 13.8 Å². The average molecular weight is 114 g/mol. The molecule has 1 heterocycles. The van der Waals surface area contributed by atoms with Crippen molar-refractivity contribution in [3.63, 3.8) is 0 Å². The van der Waals surface area contributed by atoms with Gasteiger partial charge < -0.3 is 5.32 Å². The second kappa shape index (κ2) is 1.74. The van der Waals surface area contributed by atoms with E-state index in [9.17, 15) is 4.79 Å². The first kappa shape index (κ1) is 5.56. The lowest BCUT2D eigenvalue weighted by molar-refractivity contribution is -0.120. The molecule has 0 aromatic heterocycles. The summed E-state index contributed by atoms with van der Waals surface area (Å²) in [5.41, 5.74) is 0. The van der Waals surface area contributed by atoms with Gasteiger partial charge in [-0.3, -0.25) is 10.1 Å². The van der Waals surface area contributed by atoms with E-state index in [1.165, 1.54) is 0 Å². The first-order valence-electron chi connectivity index (χ1n) is 2.76. The van der Waals surface area contributed by atoms with Crippen LogP contribution in [0.1, 0.15) is 13.8 Å². The van der Waals surface area contributed by atoms with Crippen LogP contribution in [0, 0.1) is 0 Å². The van der Waals surface area contributed by atoms with Gasteiger partial charge in [-0.15, -0.1) is 0 Å². The first-order chi connectivity index (χ1) is 3.70. The molecule has 1 rings (SSSR count). The molecule has 1 aliphatic heterocycles. The van der Waals surface area contributed by atoms with Crippen molar-refractivity contribution in [3.05, 3.63) is 0 Å². The predicted molar refractivity (Wildman–Crippen MR) is 30.2 cm³/mol. The smallest absolute Gasteiger partial charge is 0.238 e. The molecule has 0 saturated carbocycles. The summed E-state index contributed by atoms with van der Waals surface area (Å²) in [5, 5.41) is 5.72. The van der Waals surface area contributed by atoms with Gasteiger partial charge in [0.05, 0.1) is 12.2 Å². The molecule has 1 aliphatic rings. The summed E-state index contributed by atoms with van der Waals surface area (Å²) in [6.07, 6.45) is 0.150. The van der Waals surface area contributed by atoms with Crippen LogP contribution in [-0.4, -0.2) is 18.1 Å². The van der Waals surface area contributed by atoms with E-state index < -0.39 is 0 Å². The number of carbonyl (C=O) groups is 1. The number of hydrogen-bond donors (Lipinski definition) is 2. The van der Waals surface area contributed by atoms with Crippen LogP contribution in [0.25, 0.3) is 0 Å². The summed E-state index contributed by atoms with van der Waals surface area (Å²) in [4.78, 5) is 10.6. The first-order valence-corrected chi connectivity index (χ1v) is 2.76. The van der Waals surface area contributed by atoms with Crippen LogP contribution in [0.3, 0.4) is 0 Å². The number of rotatable bonds is 0. The lowest BCUT2D eigenvalue weighted by Crippen LogP contribution is -2.28. The third-order valence-electron chi connectivity index (χ3n) is 1.25. The third-order valence-corrected chi connectivity index (χ3v) is 1.25. The molecular formula is C5H10N2O. The summed E-state index contributed by atoms with van der Waals surface area (Å²) < 4.78 is 0. The summed E-state index contributed by atoms with van der Waals surface area (Å²) in [6, 6.07) is -0.00926. The van der Waals surface area contributed by atoms with Gasteiger partial charge in [0.1, 0.15) is 0 Å². The Morgan fingerprint density at radius 3 is 2.25 bits per heavy atom. The maximum atomic E-state index is 10.6. The Balaban J connectivity index is 2.51. The van der Waals surface area contributed by atoms with E-state index >= 15 is 0 Å². The monoisotopic (exact) mass is 114 g/mol. The van der Waals surface area contributed by atoms with Gasteiger partial charge in [0.2, 0.25) is 5.91 Å². The highest BCUT2D eigenvalue weighted by Crippen LogP contribution is 1.92. The lowest BCUT2D eigenvalue weighted by atomic mass is 10.4. The van der Waals surface area contributed by atoms with Crippen LogP contribution in [0.5, 0.6) is 0 Å². The second-order valence-corrected chi connectivity index (χ2v) is 2.12. The molecule has 0 aromatic rings. The Morgan fingerprint density at radius 2 is 2.12 bits per heavy atom. The molecule has 1 saturated heterocycles. The summed E-state index contributed by atoms with van der Waals surface area (Å²) in [6.45, 7) is 3.76. The number of nitrogens with one attached hydrogen (secondary N) is 2. The zero-order chi connectivity index (χ0) is 6.15.